The van der Waals surface area contributed by atoms with Crippen LogP contribution in [-0.4, -0.2) is 27.7 Å². The Morgan fingerprint density at radius 1 is 1.25 bits per heavy atom. The number of amides is 2. The fourth-order valence-electron chi connectivity index (χ4n) is 2.58. The number of rotatable bonds is 2. The van der Waals surface area contributed by atoms with E-state index in [9.17, 15) is 9.18 Å². The maximum absolute atomic E-state index is 12.9. The molecule has 0 saturated heterocycles. The number of anilines is 1. The van der Waals surface area contributed by atoms with E-state index in [-0.39, 0.29) is 23.8 Å². The molecule has 1 N–H and O–H groups in total. The molecule has 0 saturated carbocycles. The van der Waals surface area contributed by atoms with Crippen LogP contribution in [0, 0.1) is 5.82 Å². The van der Waals surface area contributed by atoms with Gasteiger partial charge in [0.25, 0.3) is 0 Å². The van der Waals surface area contributed by atoms with Crippen LogP contribution < -0.4 is 5.32 Å². The molecule has 3 aromatic rings. The SMILES string of the molecule is O=C(Nc1nnc(-c2ccc(F)cc2)o1)N1CCc2sccc2C1. The van der Waals surface area contributed by atoms with Gasteiger partial charge < -0.3 is 9.32 Å². The molecule has 0 aliphatic carbocycles. The molecule has 122 valence electrons. The summed E-state index contributed by atoms with van der Waals surface area (Å²) >= 11 is 1.72. The Morgan fingerprint density at radius 2 is 2.08 bits per heavy atom. The van der Waals surface area contributed by atoms with Gasteiger partial charge in [-0.2, -0.15) is 0 Å². The van der Waals surface area contributed by atoms with Gasteiger partial charge in [-0.1, -0.05) is 5.10 Å². The second-order valence-corrected chi connectivity index (χ2v) is 6.39. The molecule has 1 aliphatic heterocycles. The standard InChI is InChI=1S/C16H13FN4O2S/c17-12-3-1-10(2-4-12)14-19-20-15(23-14)18-16(22)21-7-5-13-11(9-21)6-8-24-13/h1-4,6,8H,5,7,9H2,(H,18,20,22). The number of aromatic nitrogens is 2. The van der Waals surface area contributed by atoms with Crippen molar-refractivity contribution in [1.82, 2.24) is 15.1 Å². The second kappa shape index (κ2) is 6.04. The zero-order chi connectivity index (χ0) is 16.5. The number of urea groups is 1. The lowest BCUT2D eigenvalue weighted by Gasteiger charge is -2.26. The van der Waals surface area contributed by atoms with E-state index in [0.29, 0.717) is 18.7 Å². The highest BCUT2D eigenvalue weighted by Crippen LogP contribution is 2.25. The van der Waals surface area contributed by atoms with Gasteiger partial charge in [-0.3, -0.25) is 5.32 Å². The maximum atomic E-state index is 12.9. The topological polar surface area (TPSA) is 71.3 Å². The first-order chi connectivity index (χ1) is 11.7. The van der Waals surface area contributed by atoms with Crippen molar-refractivity contribution in [3.8, 4) is 11.5 Å². The van der Waals surface area contributed by atoms with Crippen LogP contribution in [0.1, 0.15) is 10.4 Å². The summed E-state index contributed by atoms with van der Waals surface area (Å²) in [6, 6.07) is 7.48. The third-order valence-corrected chi connectivity index (χ3v) is 4.85. The quantitative estimate of drug-likeness (QED) is 0.772. The number of benzene rings is 1. The summed E-state index contributed by atoms with van der Waals surface area (Å²) in [5.74, 6) is -0.117. The number of nitrogens with one attached hydrogen (secondary N) is 1. The molecule has 4 rings (SSSR count). The van der Waals surface area contributed by atoms with Crippen LogP contribution in [0.5, 0.6) is 0 Å². The first-order valence-electron chi connectivity index (χ1n) is 7.39. The average Bonchev–Trinajstić information content (AvgIpc) is 3.24. The predicted molar refractivity (Wildman–Crippen MR) is 87.1 cm³/mol. The lowest BCUT2D eigenvalue weighted by Crippen LogP contribution is -2.38. The third kappa shape index (κ3) is 2.88. The summed E-state index contributed by atoms with van der Waals surface area (Å²) < 4.78 is 18.4. The van der Waals surface area contributed by atoms with Gasteiger partial charge in [0.05, 0.1) is 0 Å². The molecule has 6 nitrogen and oxygen atoms in total. The van der Waals surface area contributed by atoms with Crippen LogP contribution in [0.15, 0.2) is 40.1 Å². The van der Waals surface area contributed by atoms with Gasteiger partial charge in [0.2, 0.25) is 5.89 Å². The van der Waals surface area contributed by atoms with E-state index < -0.39 is 0 Å². The predicted octanol–water partition coefficient (Wildman–Crippen LogP) is 3.53. The molecule has 1 aliphatic rings. The molecule has 0 spiro atoms. The Kier molecular flexibility index (Phi) is 3.73. The van der Waals surface area contributed by atoms with Gasteiger partial charge in [0, 0.05) is 23.5 Å². The Hall–Kier alpha value is -2.74. The highest BCUT2D eigenvalue weighted by Gasteiger charge is 2.22. The normalized spacial score (nSPS) is 13.6. The van der Waals surface area contributed by atoms with Crippen molar-refractivity contribution < 1.29 is 13.6 Å². The van der Waals surface area contributed by atoms with Gasteiger partial charge in [0.15, 0.2) is 0 Å². The van der Waals surface area contributed by atoms with Crippen molar-refractivity contribution in [3.63, 3.8) is 0 Å². The molecular formula is C16H13FN4O2S. The van der Waals surface area contributed by atoms with Crippen LogP contribution in [0.2, 0.25) is 0 Å². The van der Waals surface area contributed by atoms with E-state index in [1.54, 1.807) is 16.2 Å². The molecule has 0 bridgehead atoms. The molecule has 8 heteroatoms. The lowest BCUT2D eigenvalue weighted by molar-refractivity contribution is 0.206. The number of thiophene rings is 1. The Balaban J connectivity index is 1.44. The molecule has 0 unspecified atom stereocenters. The van der Waals surface area contributed by atoms with E-state index in [1.165, 1.54) is 34.7 Å². The summed E-state index contributed by atoms with van der Waals surface area (Å²) in [5, 5.41) is 12.3. The summed E-state index contributed by atoms with van der Waals surface area (Å²) in [5.41, 5.74) is 1.77. The van der Waals surface area contributed by atoms with E-state index >= 15 is 0 Å². The number of hydrogen-bond donors (Lipinski definition) is 1. The maximum Gasteiger partial charge on any atom is 0.325 e. The summed E-state index contributed by atoms with van der Waals surface area (Å²) in [7, 11) is 0. The van der Waals surface area contributed by atoms with Gasteiger partial charge in [-0.05, 0) is 47.7 Å². The summed E-state index contributed by atoms with van der Waals surface area (Å²) in [4.78, 5) is 15.4. The Labute approximate surface area is 140 Å². The molecule has 0 fully saturated rings. The fourth-order valence-corrected chi connectivity index (χ4v) is 3.46. The largest absolute Gasteiger partial charge is 0.403 e. The van der Waals surface area contributed by atoms with Crippen molar-refractivity contribution >= 4 is 23.4 Å². The monoisotopic (exact) mass is 344 g/mol. The van der Waals surface area contributed by atoms with E-state index in [1.807, 2.05) is 11.4 Å². The number of hydrogen-bond acceptors (Lipinski definition) is 5. The molecule has 3 heterocycles. The molecule has 2 amide bonds. The number of carbonyl (C=O) groups excluding carboxylic acids is 1. The smallest absolute Gasteiger partial charge is 0.325 e. The number of carbonyl (C=O) groups is 1. The minimum Gasteiger partial charge on any atom is -0.403 e. The second-order valence-electron chi connectivity index (χ2n) is 5.39. The van der Waals surface area contributed by atoms with Crippen LogP contribution in [-0.2, 0) is 13.0 Å². The first kappa shape index (κ1) is 14.8. The Morgan fingerprint density at radius 3 is 2.92 bits per heavy atom. The van der Waals surface area contributed by atoms with Crippen LogP contribution in [0.3, 0.4) is 0 Å². The van der Waals surface area contributed by atoms with E-state index in [4.69, 9.17) is 4.42 Å². The number of halogens is 1. The highest BCUT2D eigenvalue weighted by molar-refractivity contribution is 7.10. The van der Waals surface area contributed by atoms with Gasteiger partial charge in [-0.15, -0.1) is 16.4 Å². The Bertz CT molecular complexity index is 874. The molecule has 2 aromatic heterocycles. The average molecular weight is 344 g/mol. The van der Waals surface area contributed by atoms with Crippen molar-refractivity contribution in [1.29, 1.82) is 0 Å². The minimum absolute atomic E-state index is 0.0236. The molecule has 0 atom stereocenters. The van der Waals surface area contributed by atoms with Crippen LogP contribution in [0.25, 0.3) is 11.5 Å². The van der Waals surface area contributed by atoms with Crippen molar-refractivity contribution in [2.45, 2.75) is 13.0 Å². The van der Waals surface area contributed by atoms with Crippen LogP contribution in [0.4, 0.5) is 15.2 Å². The fraction of sp³-hybridized carbons (Fsp3) is 0.188. The number of fused-ring (bicyclic) bond motifs is 1. The molecular weight excluding hydrogens is 331 g/mol. The van der Waals surface area contributed by atoms with Gasteiger partial charge in [0.1, 0.15) is 5.82 Å². The van der Waals surface area contributed by atoms with E-state index in [0.717, 1.165) is 6.42 Å². The first-order valence-corrected chi connectivity index (χ1v) is 8.27. The molecule has 0 radical (unpaired) electrons. The third-order valence-electron chi connectivity index (χ3n) is 3.82. The van der Waals surface area contributed by atoms with Gasteiger partial charge >= 0.3 is 12.0 Å². The van der Waals surface area contributed by atoms with Crippen molar-refractivity contribution in [2.24, 2.45) is 0 Å². The highest BCUT2D eigenvalue weighted by atomic mass is 32.1. The van der Waals surface area contributed by atoms with Crippen LogP contribution >= 0.6 is 11.3 Å². The zero-order valence-corrected chi connectivity index (χ0v) is 13.3. The number of nitrogens with zero attached hydrogens (tertiary/aromatic N) is 3. The molecule has 24 heavy (non-hydrogen) atoms. The summed E-state index contributed by atoms with van der Waals surface area (Å²) in [6.45, 7) is 1.22. The van der Waals surface area contributed by atoms with E-state index in [2.05, 4.69) is 15.5 Å². The van der Waals surface area contributed by atoms with Crippen molar-refractivity contribution in [3.05, 3.63) is 52.0 Å². The summed E-state index contributed by atoms with van der Waals surface area (Å²) in [6.07, 6.45) is 0.852. The van der Waals surface area contributed by atoms with Crippen molar-refractivity contribution in [2.75, 3.05) is 11.9 Å². The van der Waals surface area contributed by atoms with Gasteiger partial charge in [-0.25, -0.2) is 9.18 Å². The minimum atomic E-state index is -0.343. The zero-order valence-electron chi connectivity index (χ0n) is 12.5. The molecule has 1 aromatic carbocycles. The lowest BCUT2D eigenvalue weighted by atomic mass is 10.1.